The van der Waals surface area contributed by atoms with Gasteiger partial charge in [-0.05, 0) is 55.8 Å². The fraction of sp³-hybridized carbons (Fsp3) is 0.378. The molecular formula is C37H40B2N2O9. The number of carbonyl (C=O) groups excluding carboxylic acids is 3. The van der Waals surface area contributed by atoms with Crippen molar-refractivity contribution in [2.24, 2.45) is 0 Å². The van der Waals surface area contributed by atoms with Crippen LogP contribution in [0, 0.1) is 10.1 Å². The molecule has 11 nitrogen and oxygen atoms in total. The summed E-state index contributed by atoms with van der Waals surface area (Å²) in [5.74, 6) is -1.29. The Bertz CT molecular complexity index is 1840. The van der Waals surface area contributed by atoms with E-state index in [0.717, 1.165) is 11.3 Å². The van der Waals surface area contributed by atoms with Crippen molar-refractivity contribution in [1.29, 1.82) is 0 Å². The minimum atomic E-state index is -1.05. The number of non-ortho nitro benzene ring substituents is 1. The summed E-state index contributed by atoms with van der Waals surface area (Å²) in [5, 5.41) is 9.58. The van der Waals surface area contributed by atoms with Gasteiger partial charge in [0.25, 0.3) is 5.69 Å². The molecule has 0 amide bonds. The van der Waals surface area contributed by atoms with Gasteiger partial charge in [0.2, 0.25) is 5.72 Å². The van der Waals surface area contributed by atoms with Gasteiger partial charge in [0.05, 0.1) is 22.4 Å². The van der Waals surface area contributed by atoms with Crippen molar-refractivity contribution in [2.45, 2.75) is 77.0 Å². The summed E-state index contributed by atoms with van der Waals surface area (Å²) in [5.41, 5.74) is 0.833. The van der Waals surface area contributed by atoms with Gasteiger partial charge >= 0.3 is 17.9 Å². The molecule has 3 aromatic rings. The maximum absolute atomic E-state index is 13.6. The molecule has 0 N–H and O–H groups in total. The fourth-order valence-electron chi connectivity index (χ4n) is 5.82. The fourth-order valence-corrected chi connectivity index (χ4v) is 5.82. The van der Waals surface area contributed by atoms with E-state index in [0.29, 0.717) is 11.3 Å². The number of rotatable bonds is 11. The third-order valence-corrected chi connectivity index (χ3v) is 9.70. The van der Waals surface area contributed by atoms with Gasteiger partial charge in [-0.15, -0.1) is 0 Å². The molecule has 1 unspecified atom stereocenters. The Labute approximate surface area is 293 Å². The van der Waals surface area contributed by atoms with Crippen LogP contribution in [0.4, 0.5) is 11.4 Å². The van der Waals surface area contributed by atoms with Crippen LogP contribution in [0.15, 0.2) is 66.7 Å². The van der Waals surface area contributed by atoms with Crippen LogP contribution in [-0.4, -0.2) is 56.3 Å². The summed E-state index contributed by atoms with van der Waals surface area (Å²) in [7, 11) is 3.40. The lowest BCUT2D eigenvalue weighted by Crippen LogP contribution is -2.60. The third kappa shape index (κ3) is 6.60. The molecule has 0 aliphatic carbocycles. The number of hydrogen-bond acceptors (Lipinski definition) is 10. The lowest BCUT2D eigenvalue weighted by molar-refractivity contribution is -0.384. The first-order chi connectivity index (χ1) is 23.5. The van der Waals surface area contributed by atoms with E-state index in [9.17, 15) is 24.5 Å². The molecule has 13 heteroatoms. The van der Waals surface area contributed by atoms with E-state index >= 15 is 0 Å². The SMILES string of the molecule is C[B]C(C)(C)C(=O)Oc1cc(OC(=O)C(C)(C)[B]C)cc(C(=O)OCCN2c3ccccc3C(C)(C)C23C=Cc2cc([N+](=O)[O-])ccc2O3)c1. The Kier molecular flexibility index (Phi) is 9.66. The predicted octanol–water partition coefficient (Wildman–Crippen LogP) is 7.06. The van der Waals surface area contributed by atoms with E-state index in [1.807, 2.05) is 41.3 Å². The van der Waals surface area contributed by atoms with E-state index in [2.05, 4.69) is 13.8 Å². The van der Waals surface area contributed by atoms with Crippen molar-refractivity contribution in [3.05, 3.63) is 93.5 Å². The summed E-state index contributed by atoms with van der Waals surface area (Å²) < 4.78 is 23.7. The van der Waals surface area contributed by atoms with Gasteiger partial charge in [0, 0.05) is 40.1 Å². The van der Waals surface area contributed by atoms with Crippen LogP contribution >= 0.6 is 0 Å². The summed E-state index contributed by atoms with van der Waals surface area (Å²) in [6, 6.07) is 16.5. The number of carbonyl (C=O) groups is 3. The number of ether oxygens (including phenoxy) is 4. The molecule has 50 heavy (non-hydrogen) atoms. The topological polar surface area (TPSA) is 135 Å². The first-order valence-corrected chi connectivity index (χ1v) is 16.4. The Morgan fingerprint density at radius 1 is 0.900 bits per heavy atom. The van der Waals surface area contributed by atoms with Gasteiger partial charge in [0.1, 0.15) is 38.4 Å². The van der Waals surface area contributed by atoms with Crippen molar-refractivity contribution >= 4 is 49.9 Å². The van der Waals surface area contributed by atoms with Crippen LogP contribution in [0.3, 0.4) is 0 Å². The number of fused-ring (bicyclic) bond motifs is 2. The minimum absolute atomic E-state index is 0.0225. The van der Waals surface area contributed by atoms with Crippen molar-refractivity contribution in [3.63, 3.8) is 0 Å². The number of para-hydroxylation sites is 1. The molecule has 0 bridgehead atoms. The summed E-state index contributed by atoms with van der Waals surface area (Å²) in [6.45, 7) is 14.6. The molecule has 5 rings (SSSR count). The number of esters is 3. The molecule has 0 saturated heterocycles. The smallest absolute Gasteiger partial charge is 0.338 e. The molecule has 2 aliphatic rings. The first-order valence-electron chi connectivity index (χ1n) is 16.4. The molecule has 1 spiro atoms. The number of nitro groups is 1. The van der Waals surface area contributed by atoms with Gasteiger partial charge in [0.15, 0.2) is 0 Å². The van der Waals surface area contributed by atoms with Gasteiger partial charge in [-0.3, -0.25) is 19.7 Å². The highest BCUT2D eigenvalue weighted by Gasteiger charge is 2.58. The second-order valence-electron chi connectivity index (χ2n) is 14.0. The van der Waals surface area contributed by atoms with E-state index < -0.39 is 44.6 Å². The maximum atomic E-state index is 13.6. The number of anilines is 1. The zero-order valence-electron chi connectivity index (χ0n) is 29.6. The van der Waals surface area contributed by atoms with E-state index in [1.165, 1.54) is 30.3 Å². The lowest BCUT2D eigenvalue weighted by atomic mass is 9.56. The van der Waals surface area contributed by atoms with E-state index in [-0.39, 0.29) is 35.9 Å². The van der Waals surface area contributed by atoms with Crippen LogP contribution in [0.5, 0.6) is 17.2 Å². The van der Waals surface area contributed by atoms with Crippen LogP contribution < -0.4 is 19.1 Å². The molecule has 1 atom stereocenters. The Balaban J connectivity index is 1.41. The van der Waals surface area contributed by atoms with Crippen molar-refractivity contribution in [1.82, 2.24) is 0 Å². The summed E-state index contributed by atoms with van der Waals surface area (Å²) in [4.78, 5) is 52.3. The van der Waals surface area contributed by atoms with Gasteiger partial charge in [-0.1, -0.05) is 59.5 Å². The third-order valence-electron chi connectivity index (χ3n) is 9.70. The number of benzene rings is 3. The van der Waals surface area contributed by atoms with Crippen molar-refractivity contribution < 1.29 is 38.3 Å². The maximum Gasteiger partial charge on any atom is 0.338 e. The second-order valence-corrected chi connectivity index (χ2v) is 14.0. The van der Waals surface area contributed by atoms with Crippen molar-refractivity contribution in [2.75, 3.05) is 18.1 Å². The van der Waals surface area contributed by atoms with E-state index in [1.54, 1.807) is 62.0 Å². The zero-order valence-corrected chi connectivity index (χ0v) is 29.6. The molecule has 0 fully saturated rings. The molecule has 0 saturated carbocycles. The quantitative estimate of drug-likeness (QED) is 0.0682. The normalized spacial score (nSPS) is 17.2. The molecule has 2 heterocycles. The zero-order chi connectivity index (χ0) is 36.6. The lowest BCUT2D eigenvalue weighted by Gasteiger charge is -2.47. The average Bonchev–Trinajstić information content (AvgIpc) is 3.25. The van der Waals surface area contributed by atoms with Crippen LogP contribution in [-0.2, 0) is 19.7 Å². The van der Waals surface area contributed by atoms with Crippen LogP contribution in [0.1, 0.15) is 63.0 Å². The monoisotopic (exact) mass is 678 g/mol. The number of nitrogens with zero attached hydrogens (tertiary/aromatic N) is 2. The Morgan fingerprint density at radius 2 is 1.50 bits per heavy atom. The Morgan fingerprint density at radius 3 is 2.08 bits per heavy atom. The highest BCUT2D eigenvalue weighted by molar-refractivity contribution is 6.45. The molecule has 3 aromatic carbocycles. The van der Waals surface area contributed by atoms with Crippen LogP contribution in [0.2, 0.25) is 24.3 Å². The summed E-state index contributed by atoms with van der Waals surface area (Å²) in [6.07, 6.45) is 3.72. The number of nitro benzene ring substituents is 1. The molecule has 258 valence electrons. The average molecular weight is 678 g/mol. The molecule has 2 aliphatic heterocycles. The minimum Gasteiger partial charge on any atom is -0.463 e. The molecular weight excluding hydrogens is 638 g/mol. The Hall–Kier alpha value is -5.06. The highest BCUT2D eigenvalue weighted by Crippen LogP contribution is 2.55. The van der Waals surface area contributed by atoms with Gasteiger partial charge in [-0.2, -0.15) is 0 Å². The summed E-state index contributed by atoms with van der Waals surface area (Å²) >= 11 is 0. The first kappa shape index (κ1) is 36.2. The van der Waals surface area contributed by atoms with Crippen molar-refractivity contribution in [3.8, 4) is 17.2 Å². The molecule has 0 aromatic heterocycles. The van der Waals surface area contributed by atoms with Gasteiger partial charge < -0.3 is 23.8 Å². The molecule has 2 radical (unpaired) electrons. The van der Waals surface area contributed by atoms with Crippen LogP contribution in [0.25, 0.3) is 6.08 Å². The standard InChI is InChI=1S/C37H40B2N2O9/c1-34(2)28-11-9-10-12-29(28)40(37(34)16-15-23-19-25(41(45)46)13-14-30(23)50-37)17-18-47-31(42)24-20-26(48-32(43)35(3,4)38-7)22-27(21-24)49-33(44)36(5,6)39-8/h9-16,19-22H,17-18H2,1-8H3. The second kappa shape index (κ2) is 13.3. The van der Waals surface area contributed by atoms with Gasteiger partial charge in [-0.25, -0.2) is 4.79 Å². The predicted molar refractivity (Wildman–Crippen MR) is 192 cm³/mol. The van der Waals surface area contributed by atoms with E-state index in [4.69, 9.17) is 18.9 Å². The largest absolute Gasteiger partial charge is 0.463 e. The highest BCUT2D eigenvalue weighted by atomic mass is 16.6. The number of hydrogen-bond donors (Lipinski definition) is 0.